The molecule has 142 valence electrons. The Morgan fingerprint density at radius 3 is 2.00 bits per heavy atom. The SMILES string of the molecule is C#Cc1ccc2c(c1)C(=O)OC21c2ccc(OC)cc2Oc2cc(OC)ccc21. The van der Waals surface area contributed by atoms with Gasteiger partial charge in [-0.3, -0.25) is 0 Å². The van der Waals surface area contributed by atoms with Crippen molar-refractivity contribution in [2.24, 2.45) is 0 Å². The molecule has 0 aromatic heterocycles. The third-order valence-corrected chi connectivity index (χ3v) is 5.39. The lowest BCUT2D eigenvalue weighted by atomic mass is 9.77. The lowest BCUT2D eigenvalue weighted by Crippen LogP contribution is -2.33. The van der Waals surface area contributed by atoms with Crippen molar-refractivity contribution in [2.45, 2.75) is 5.60 Å². The first-order valence-electron chi connectivity index (χ1n) is 9.00. The van der Waals surface area contributed by atoms with Gasteiger partial charge in [0.15, 0.2) is 5.60 Å². The van der Waals surface area contributed by atoms with Gasteiger partial charge < -0.3 is 18.9 Å². The predicted molar refractivity (Wildman–Crippen MR) is 106 cm³/mol. The number of fused-ring (bicyclic) bond motifs is 6. The molecule has 29 heavy (non-hydrogen) atoms. The Balaban J connectivity index is 1.85. The standard InChI is InChI=1S/C24H16O5/c1-4-14-5-8-18-17(11-14)23(25)29-24(18)19-9-6-15(26-2)12-21(19)28-22-13-16(27-3)7-10-20(22)24/h1,5-13H,2-3H3. The topological polar surface area (TPSA) is 54.0 Å². The van der Waals surface area contributed by atoms with Crippen molar-refractivity contribution < 1.29 is 23.7 Å². The molecule has 5 heteroatoms. The van der Waals surface area contributed by atoms with E-state index >= 15 is 0 Å². The van der Waals surface area contributed by atoms with Crippen LogP contribution in [0.15, 0.2) is 54.6 Å². The van der Waals surface area contributed by atoms with Crippen molar-refractivity contribution in [3.8, 4) is 35.3 Å². The zero-order valence-electron chi connectivity index (χ0n) is 15.8. The molecule has 0 amide bonds. The molecule has 3 aromatic carbocycles. The molecule has 0 saturated carbocycles. The third kappa shape index (κ3) is 2.26. The first-order valence-corrected chi connectivity index (χ1v) is 9.00. The van der Waals surface area contributed by atoms with E-state index in [2.05, 4.69) is 5.92 Å². The maximum atomic E-state index is 12.9. The minimum Gasteiger partial charge on any atom is -0.497 e. The van der Waals surface area contributed by atoms with Gasteiger partial charge in [-0.2, -0.15) is 0 Å². The van der Waals surface area contributed by atoms with E-state index in [0.717, 1.165) is 16.7 Å². The molecule has 0 unspecified atom stereocenters. The van der Waals surface area contributed by atoms with Crippen molar-refractivity contribution in [1.82, 2.24) is 0 Å². The molecule has 0 bridgehead atoms. The van der Waals surface area contributed by atoms with Crippen molar-refractivity contribution >= 4 is 5.97 Å². The first kappa shape index (κ1) is 17.2. The summed E-state index contributed by atoms with van der Waals surface area (Å²) in [7, 11) is 3.17. The van der Waals surface area contributed by atoms with Gasteiger partial charge in [0.05, 0.1) is 19.8 Å². The van der Waals surface area contributed by atoms with Gasteiger partial charge in [-0.05, 0) is 36.4 Å². The average molecular weight is 384 g/mol. The number of esters is 1. The summed E-state index contributed by atoms with van der Waals surface area (Å²) >= 11 is 0. The highest BCUT2D eigenvalue weighted by atomic mass is 16.6. The lowest BCUT2D eigenvalue weighted by Gasteiger charge is -2.36. The first-order chi connectivity index (χ1) is 14.1. The largest absolute Gasteiger partial charge is 0.497 e. The van der Waals surface area contributed by atoms with Gasteiger partial charge >= 0.3 is 5.97 Å². The summed E-state index contributed by atoms with van der Waals surface area (Å²) < 4.78 is 23.0. The van der Waals surface area contributed by atoms with Crippen LogP contribution in [0, 0.1) is 12.3 Å². The van der Waals surface area contributed by atoms with Gasteiger partial charge in [0, 0.05) is 34.4 Å². The monoisotopic (exact) mass is 384 g/mol. The molecule has 1 spiro atoms. The molecule has 2 aliphatic rings. The van der Waals surface area contributed by atoms with Crippen LogP contribution in [0.4, 0.5) is 0 Å². The van der Waals surface area contributed by atoms with Gasteiger partial charge in [0.1, 0.15) is 23.0 Å². The van der Waals surface area contributed by atoms with Crippen molar-refractivity contribution in [2.75, 3.05) is 14.2 Å². The molecule has 0 fully saturated rings. The van der Waals surface area contributed by atoms with Crippen LogP contribution < -0.4 is 14.2 Å². The van der Waals surface area contributed by atoms with Gasteiger partial charge in [-0.1, -0.05) is 12.0 Å². The van der Waals surface area contributed by atoms with Gasteiger partial charge in [0.2, 0.25) is 0 Å². The molecule has 5 rings (SSSR count). The number of methoxy groups -OCH3 is 2. The summed E-state index contributed by atoms with van der Waals surface area (Å²) in [5.41, 5.74) is 2.09. The Bertz CT molecular complexity index is 1160. The van der Waals surface area contributed by atoms with Crippen LogP contribution in [0.25, 0.3) is 0 Å². The second kappa shape index (κ2) is 6.05. The molecular formula is C24H16O5. The van der Waals surface area contributed by atoms with E-state index < -0.39 is 11.6 Å². The molecule has 0 atom stereocenters. The van der Waals surface area contributed by atoms with E-state index in [-0.39, 0.29) is 0 Å². The minimum absolute atomic E-state index is 0.428. The molecule has 3 aromatic rings. The van der Waals surface area contributed by atoms with Crippen molar-refractivity contribution in [3.63, 3.8) is 0 Å². The fourth-order valence-corrected chi connectivity index (χ4v) is 4.03. The Hall–Kier alpha value is -3.91. The van der Waals surface area contributed by atoms with Crippen LogP contribution in [0.2, 0.25) is 0 Å². The second-order valence-corrected chi connectivity index (χ2v) is 6.80. The highest BCUT2D eigenvalue weighted by Gasteiger charge is 2.53. The van der Waals surface area contributed by atoms with E-state index in [1.54, 1.807) is 32.4 Å². The number of terminal acetylenes is 1. The van der Waals surface area contributed by atoms with E-state index in [9.17, 15) is 4.79 Å². The normalized spacial score (nSPS) is 14.7. The summed E-state index contributed by atoms with van der Waals surface area (Å²) in [5.74, 6) is 4.51. The molecule has 0 saturated heterocycles. The van der Waals surface area contributed by atoms with E-state index in [4.69, 9.17) is 25.4 Å². The molecule has 0 aliphatic carbocycles. The number of benzene rings is 3. The smallest absolute Gasteiger partial charge is 0.340 e. The fraction of sp³-hybridized carbons (Fsp3) is 0.125. The van der Waals surface area contributed by atoms with Crippen molar-refractivity contribution in [1.29, 1.82) is 0 Å². The summed E-state index contributed by atoms with van der Waals surface area (Å²) in [6.07, 6.45) is 5.53. The van der Waals surface area contributed by atoms with Gasteiger partial charge in [0.25, 0.3) is 0 Å². The quantitative estimate of drug-likeness (QED) is 0.488. The molecular weight excluding hydrogens is 368 g/mol. The zero-order chi connectivity index (χ0) is 20.2. The summed E-state index contributed by atoms with van der Waals surface area (Å²) in [5, 5.41) is 0. The van der Waals surface area contributed by atoms with Gasteiger partial charge in [-0.15, -0.1) is 6.42 Å². The zero-order valence-corrected chi connectivity index (χ0v) is 15.8. The number of ether oxygens (including phenoxy) is 4. The van der Waals surface area contributed by atoms with Crippen molar-refractivity contribution in [3.05, 3.63) is 82.4 Å². The van der Waals surface area contributed by atoms with Gasteiger partial charge in [-0.25, -0.2) is 4.79 Å². The minimum atomic E-state index is -1.14. The van der Waals surface area contributed by atoms with E-state index in [1.165, 1.54) is 0 Å². The molecule has 2 aliphatic heterocycles. The highest BCUT2D eigenvalue weighted by Crippen LogP contribution is 2.57. The third-order valence-electron chi connectivity index (χ3n) is 5.39. The Morgan fingerprint density at radius 1 is 0.862 bits per heavy atom. The van der Waals surface area contributed by atoms with Crippen LogP contribution in [0.5, 0.6) is 23.0 Å². The average Bonchev–Trinajstić information content (AvgIpc) is 3.05. The highest BCUT2D eigenvalue weighted by molar-refractivity contribution is 5.97. The van der Waals surface area contributed by atoms with E-state index in [1.807, 2.05) is 36.4 Å². The van der Waals surface area contributed by atoms with Crippen LogP contribution in [0.3, 0.4) is 0 Å². The molecule has 0 N–H and O–H groups in total. The number of hydrogen-bond acceptors (Lipinski definition) is 5. The number of carbonyl (C=O) groups excluding carboxylic acids is 1. The summed E-state index contributed by atoms with van der Waals surface area (Å²) in [6, 6.07) is 16.3. The Morgan fingerprint density at radius 2 is 1.45 bits per heavy atom. The maximum Gasteiger partial charge on any atom is 0.340 e. The van der Waals surface area contributed by atoms with Crippen LogP contribution in [-0.2, 0) is 10.3 Å². The predicted octanol–water partition coefficient (Wildman–Crippen LogP) is 4.25. The molecule has 2 heterocycles. The maximum absolute atomic E-state index is 12.9. The number of rotatable bonds is 2. The number of carbonyl (C=O) groups is 1. The fourth-order valence-electron chi connectivity index (χ4n) is 4.03. The molecule has 0 radical (unpaired) electrons. The van der Waals surface area contributed by atoms with Crippen LogP contribution in [0.1, 0.15) is 32.6 Å². The molecule has 5 nitrogen and oxygen atoms in total. The summed E-state index contributed by atoms with van der Waals surface area (Å²) in [4.78, 5) is 12.9. The Kier molecular flexibility index (Phi) is 3.59. The van der Waals surface area contributed by atoms with Crippen LogP contribution >= 0.6 is 0 Å². The number of hydrogen-bond donors (Lipinski definition) is 0. The Labute approximate surface area is 167 Å². The van der Waals surface area contributed by atoms with E-state index in [0.29, 0.717) is 34.1 Å². The summed E-state index contributed by atoms with van der Waals surface area (Å²) in [6.45, 7) is 0. The second-order valence-electron chi connectivity index (χ2n) is 6.80. The lowest BCUT2D eigenvalue weighted by molar-refractivity contribution is 0.0224. The van der Waals surface area contributed by atoms with Crippen LogP contribution in [-0.4, -0.2) is 20.2 Å².